The van der Waals surface area contributed by atoms with Crippen LogP contribution in [0, 0.1) is 6.92 Å². The number of fused-ring (bicyclic) bond motifs is 1. The summed E-state index contributed by atoms with van der Waals surface area (Å²) in [6, 6.07) is 3.83. The van der Waals surface area contributed by atoms with E-state index in [9.17, 15) is 4.79 Å². The minimum Gasteiger partial charge on any atom is -0.424 e. The summed E-state index contributed by atoms with van der Waals surface area (Å²) in [5.41, 5.74) is 1.55. The Labute approximate surface area is 151 Å². The van der Waals surface area contributed by atoms with Gasteiger partial charge in [0.1, 0.15) is 5.75 Å². The van der Waals surface area contributed by atoms with Crippen molar-refractivity contribution in [3.63, 3.8) is 0 Å². The standard InChI is InChI=1S/C16H15BrClNO3S/c1-8-4-9(17)5-11-12(8)16(2,3)13(14(20)22-11)21-7-10-6-19-15(18)23-10/h4-6,13H,7H2,1-3H3. The van der Waals surface area contributed by atoms with Gasteiger partial charge in [-0.05, 0) is 24.6 Å². The molecule has 0 amide bonds. The lowest BCUT2D eigenvalue weighted by atomic mass is 9.75. The summed E-state index contributed by atoms with van der Waals surface area (Å²) >= 11 is 10.6. The van der Waals surface area contributed by atoms with E-state index in [0.717, 1.165) is 20.5 Å². The number of carbonyl (C=O) groups is 1. The summed E-state index contributed by atoms with van der Waals surface area (Å²) in [5, 5.41) is 0. The van der Waals surface area contributed by atoms with E-state index in [-0.39, 0.29) is 12.6 Å². The smallest absolute Gasteiger partial charge is 0.341 e. The highest BCUT2D eigenvalue weighted by Gasteiger charge is 2.46. The molecule has 2 heterocycles. The average Bonchev–Trinajstić information content (AvgIpc) is 2.82. The van der Waals surface area contributed by atoms with Gasteiger partial charge in [-0.2, -0.15) is 0 Å². The summed E-state index contributed by atoms with van der Waals surface area (Å²) in [5.74, 6) is 0.211. The molecule has 4 nitrogen and oxygen atoms in total. The molecule has 1 aromatic carbocycles. The Balaban J connectivity index is 1.91. The molecule has 3 rings (SSSR count). The Morgan fingerprint density at radius 2 is 2.22 bits per heavy atom. The molecule has 1 aliphatic heterocycles. The van der Waals surface area contributed by atoms with E-state index >= 15 is 0 Å². The van der Waals surface area contributed by atoms with Crippen LogP contribution in [-0.2, 0) is 21.6 Å². The minimum atomic E-state index is -0.684. The second-order valence-corrected chi connectivity index (χ2v) is 8.62. The Bertz CT molecular complexity index is 775. The van der Waals surface area contributed by atoms with Crippen LogP contribution in [0.5, 0.6) is 5.75 Å². The molecule has 2 aromatic rings. The van der Waals surface area contributed by atoms with Gasteiger partial charge >= 0.3 is 5.97 Å². The van der Waals surface area contributed by atoms with Gasteiger partial charge in [-0.3, -0.25) is 0 Å². The summed E-state index contributed by atoms with van der Waals surface area (Å²) in [6.07, 6.45) is 0.973. The van der Waals surface area contributed by atoms with Crippen LogP contribution >= 0.6 is 38.9 Å². The Kier molecular flexibility index (Phi) is 4.53. The SMILES string of the molecule is Cc1cc(Br)cc2c1C(C)(C)C(OCc1cnc(Cl)s1)C(=O)O2. The second kappa shape index (κ2) is 6.16. The van der Waals surface area contributed by atoms with Crippen molar-refractivity contribution in [1.29, 1.82) is 0 Å². The maximum atomic E-state index is 12.4. The van der Waals surface area contributed by atoms with Crippen molar-refractivity contribution in [2.75, 3.05) is 0 Å². The zero-order valence-corrected chi connectivity index (χ0v) is 16.0. The highest BCUT2D eigenvalue weighted by atomic mass is 79.9. The molecule has 122 valence electrons. The molecule has 0 radical (unpaired) electrons. The molecule has 23 heavy (non-hydrogen) atoms. The molecule has 1 unspecified atom stereocenters. The molecular formula is C16H15BrClNO3S. The van der Waals surface area contributed by atoms with Crippen LogP contribution in [0.1, 0.15) is 29.9 Å². The molecule has 0 saturated heterocycles. The Morgan fingerprint density at radius 1 is 1.48 bits per heavy atom. The number of esters is 1. The number of aromatic nitrogens is 1. The van der Waals surface area contributed by atoms with Gasteiger partial charge in [-0.1, -0.05) is 41.4 Å². The van der Waals surface area contributed by atoms with Crippen molar-refractivity contribution in [2.24, 2.45) is 0 Å². The molecule has 1 atom stereocenters. The van der Waals surface area contributed by atoms with E-state index in [0.29, 0.717) is 10.2 Å². The Hall–Kier alpha value is -0.950. The molecular weight excluding hydrogens is 402 g/mol. The molecule has 0 aliphatic carbocycles. The van der Waals surface area contributed by atoms with Crippen molar-refractivity contribution >= 4 is 44.8 Å². The van der Waals surface area contributed by atoms with Gasteiger partial charge in [0.25, 0.3) is 0 Å². The summed E-state index contributed by atoms with van der Waals surface area (Å²) < 4.78 is 12.7. The maximum Gasteiger partial charge on any atom is 0.341 e. The van der Waals surface area contributed by atoms with Gasteiger partial charge in [-0.15, -0.1) is 11.3 Å². The number of halogens is 2. The van der Waals surface area contributed by atoms with Gasteiger partial charge in [0, 0.05) is 21.6 Å². The molecule has 0 saturated carbocycles. The normalized spacial score (nSPS) is 19.3. The van der Waals surface area contributed by atoms with E-state index in [1.54, 1.807) is 6.20 Å². The van der Waals surface area contributed by atoms with Crippen LogP contribution in [0.15, 0.2) is 22.8 Å². The van der Waals surface area contributed by atoms with Crippen molar-refractivity contribution in [3.05, 3.63) is 43.3 Å². The van der Waals surface area contributed by atoms with Crippen LogP contribution in [0.2, 0.25) is 4.47 Å². The van der Waals surface area contributed by atoms with Crippen molar-refractivity contribution < 1.29 is 14.3 Å². The minimum absolute atomic E-state index is 0.276. The highest BCUT2D eigenvalue weighted by molar-refractivity contribution is 9.10. The first kappa shape index (κ1) is 16.9. The fourth-order valence-corrected chi connectivity index (χ4v) is 4.45. The number of benzene rings is 1. The van der Waals surface area contributed by atoms with Gasteiger partial charge in [-0.25, -0.2) is 9.78 Å². The molecule has 0 bridgehead atoms. The third kappa shape index (κ3) is 3.18. The lowest BCUT2D eigenvalue weighted by molar-refractivity contribution is -0.155. The fourth-order valence-electron chi connectivity index (χ4n) is 3.00. The van der Waals surface area contributed by atoms with Crippen LogP contribution in [0.4, 0.5) is 0 Å². The predicted molar refractivity (Wildman–Crippen MR) is 93.2 cm³/mol. The quantitative estimate of drug-likeness (QED) is 0.540. The van der Waals surface area contributed by atoms with Crippen LogP contribution in [0.3, 0.4) is 0 Å². The number of thiazole rings is 1. The zero-order chi connectivity index (χ0) is 16.8. The molecule has 0 spiro atoms. The average molecular weight is 417 g/mol. The Morgan fingerprint density at radius 3 is 2.87 bits per heavy atom. The first-order valence-corrected chi connectivity index (χ1v) is 9.02. The van der Waals surface area contributed by atoms with Gasteiger partial charge in [0.15, 0.2) is 10.6 Å². The highest BCUT2D eigenvalue weighted by Crippen LogP contribution is 2.44. The topological polar surface area (TPSA) is 48.4 Å². The number of hydrogen-bond donors (Lipinski definition) is 0. The monoisotopic (exact) mass is 415 g/mol. The third-order valence-electron chi connectivity index (χ3n) is 3.91. The molecule has 1 aromatic heterocycles. The van der Waals surface area contributed by atoms with E-state index < -0.39 is 11.5 Å². The van der Waals surface area contributed by atoms with Crippen molar-refractivity contribution in [1.82, 2.24) is 4.98 Å². The van der Waals surface area contributed by atoms with Crippen LogP contribution in [-0.4, -0.2) is 17.1 Å². The first-order chi connectivity index (χ1) is 10.8. The molecule has 1 aliphatic rings. The van der Waals surface area contributed by atoms with Crippen molar-refractivity contribution in [2.45, 2.75) is 38.9 Å². The molecule has 7 heteroatoms. The lowest BCUT2D eigenvalue weighted by Gasteiger charge is -2.39. The maximum absolute atomic E-state index is 12.4. The van der Waals surface area contributed by atoms with Crippen LogP contribution in [0.25, 0.3) is 0 Å². The van der Waals surface area contributed by atoms with Gasteiger partial charge in [0.2, 0.25) is 0 Å². The van der Waals surface area contributed by atoms with E-state index in [1.807, 2.05) is 32.9 Å². The number of carbonyl (C=O) groups excluding carboxylic acids is 1. The van der Waals surface area contributed by atoms with E-state index in [1.165, 1.54) is 11.3 Å². The van der Waals surface area contributed by atoms with Crippen LogP contribution < -0.4 is 4.74 Å². The van der Waals surface area contributed by atoms with Gasteiger partial charge < -0.3 is 9.47 Å². The van der Waals surface area contributed by atoms with Gasteiger partial charge in [0.05, 0.1) is 11.5 Å². The second-order valence-electron chi connectivity index (χ2n) is 6.01. The summed E-state index contributed by atoms with van der Waals surface area (Å²) in [4.78, 5) is 17.3. The first-order valence-electron chi connectivity index (χ1n) is 7.03. The summed E-state index contributed by atoms with van der Waals surface area (Å²) in [7, 11) is 0. The predicted octanol–water partition coefficient (Wildman–Crippen LogP) is 4.65. The number of rotatable bonds is 3. The molecule has 0 N–H and O–H groups in total. The third-order valence-corrected chi connectivity index (χ3v) is 5.45. The van der Waals surface area contributed by atoms with Crippen molar-refractivity contribution in [3.8, 4) is 5.75 Å². The van der Waals surface area contributed by atoms with E-state index in [4.69, 9.17) is 21.1 Å². The number of aryl methyl sites for hydroxylation is 1. The number of nitrogens with zero attached hydrogens (tertiary/aromatic N) is 1. The van der Waals surface area contributed by atoms with E-state index in [2.05, 4.69) is 20.9 Å². The molecule has 0 fully saturated rings. The summed E-state index contributed by atoms with van der Waals surface area (Å²) in [6.45, 7) is 6.28. The lowest BCUT2D eigenvalue weighted by Crippen LogP contribution is -2.48. The number of hydrogen-bond acceptors (Lipinski definition) is 5. The largest absolute Gasteiger partial charge is 0.424 e. The zero-order valence-electron chi connectivity index (χ0n) is 12.9. The fraction of sp³-hybridized carbons (Fsp3) is 0.375. The number of ether oxygens (including phenoxy) is 2.